The molecule has 118 valence electrons. The lowest BCUT2D eigenvalue weighted by molar-refractivity contribution is -0.149. The van der Waals surface area contributed by atoms with Gasteiger partial charge in [-0.2, -0.15) is 5.10 Å². The second kappa shape index (κ2) is 6.81. The largest absolute Gasteiger partial charge is 0.466 e. The Hall–Kier alpha value is -1.04. The number of rotatable bonds is 5. The molecule has 2 heterocycles. The van der Waals surface area contributed by atoms with Gasteiger partial charge in [0.1, 0.15) is 5.82 Å². The molecule has 6 heteroatoms. The fourth-order valence-corrected chi connectivity index (χ4v) is 3.62. The number of hydrogen-bond donors (Lipinski definition) is 1. The second-order valence-corrected chi connectivity index (χ2v) is 6.28. The Labute approximate surface area is 134 Å². The van der Waals surface area contributed by atoms with E-state index in [1.54, 1.807) is 0 Å². The molecule has 2 unspecified atom stereocenters. The van der Waals surface area contributed by atoms with Crippen LogP contribution in [-0.2, 0) is 9.53 Å². The first kappa shape index (κ1) is 16.3. The summed E-state index contributed by atoms with van der Waals surface area (Å²) in [5.41, 5.74) is 1.08. The lowest BCUT2D eigenvalue weighted by atomic mass is 9.99. The molecule has 1 aliphatic rings. The molecule has 5 nitrogen and oxygen atoms in total. The number of esters is 1. The van der Waals surface area contributed by atoms with Gasteiger partial charge in [-0.3, -0.25) is 4.79 Å². The maximum atomic E-state index is 12.0. The van der Waals surface area contributed by atoms with Crippen LogP contribution in [0.25, 0.3) is 0 Å². The average molecular weight is 358 g/mol. The Bertz CT molecular complexity index is 511. The number of halogens is 1. The van der Waals surface area contributed by atoms with Crippen LogP contribution in [0.5, 0.6) is 0 Å². The highest BCUT2D eigenvalue weighted by Gasteiger charge is 2.35. The summed E-state index contributed by atoms with van der Waals surface area (Å²) in [5.74, 6) is 1.06. The van der Waals surface area contributed by atoms with E-state index in [4.69, 9.17) is 9.84 Å². The van der Waals surface area contributed by atoms with E-state index in [-0.39, 0.29) is 17.9 Å². The summed E-state index contributed by atoms with van der Waals surface area (Å²) < 4.78 is 8.13. The van der Waals surface area contributed by atoms with Crippen LogP contribution in [0, 0.1) is 5.92 Å². The summed E-state index contributed by atoms with van der Waals surface area (Å²) in [4.78, 5) is 12.0. The van der Waals surface area contributed by atoms with Crippen LogP contribution in [0.1, 0.15) is 58.2 Å². The first-order valence-corrected chi connectivity index (χ1v) is 8.52. The molecule has 1 aromatic rings. The normalized spacial score (nSPS) is 21.0. The first-order chi connectivity index (χ1) is 10.0. The van der Waals surface area contributed by atoms with Gasteiger partial charge in [-0.25, -0.2) is 4.68 Å². The zero-order valence-electron chi connectivity index (χ0n) is 13.1. The molecule has 0 fully saturated rings. The topological polar surface area (TPSA) is 56.1 Å². The number of carbonyl (C=O) groups is 1. The molecule has 1 N–H and O–H groups in total. The van der Waals surface area contributed by atoms with Crippen molar-refractivity contribution in [3.63, 3.8) is 0 Å². The van der Waals surface area contributed by atoms with E-state index in [1.165, 1.54) is 0 Å². The van der Waals surface area contributed by atoms with Gasteiger partial charge >= 0.3 is 5.97 Å². The zero-order valence-corrected chi connectivity index (χ0v) is 14.7. The van der Waals surface area contributed by atoms with Gasteiger partial charge in [0.15, 0.2) is 0 Å². The number of fused-ring (bicyclic) bond motifs is 1. The number of ether oxygens (including phenoxy) is 1. The third-order valence-electron chi connectivity index (χ3n) is 4.30. The Morgan fingerprint density at radius 3 is 2.71 bits per heavy atom. The van der Waals surface area contributed by atoms with Gasteiger partial charge in [0.2, 0.25) is 0 Å². The smallest absolute Gasteiger partial charge is 0.312 e. The molecule has 2 atom stereocenters. The minimum absolute atomic E-state index is 0.000266. The number of aromatic nitrogens is 2. The minimum atomic E-state index is -0.196. The fourth-order valence-electron chi connectivity index (χ4n) is 2.90. The van der Waals surface area contributed by atoms with Crippen LogP contribution in [0.2, 0.25) is 0 Å². The van der Waals surface area contributed by atoms with E-state index >= 15 is 0 Å². The molecule has 1 aliphatic heterocycles. The van der Waals surface area contributed by atoms with E-state index in [0.717, 1.165) is 28.8 Å². The summed E-state index contributed by atoms with van der Waals surface area (Å²) in [6.45, 7) is 9.22. The molecule has 21 heavy (non-hydrogen) atoms. The van der Waals surface area contributed by atoms with Crippen molar-refractivity contribution in [3.8, 4) is 0 Å². The first-order valence-electron chi connectivity index (χ1n) is 7.73. The summed E-state index contributed by atoms with van der Waals surface area (Å²) in [6, 6.07) is -0.000266. The monoisotopic (exact) mass is 357 g/mol. The molecule has 0 amide bonds. The summed E-state index contributed by atoms with van der Waals surface area (Å²) in [7, 11) is 0. The Balaban J connectivity index is 2.31. The molecule has 0 saturated heterocycles. The second-order valence-electron chi connectivity index (χ2n) is 5.49. The van der Waals surface area contributed by atoms with Crippen molar-refractivity contribution in [3.05, 3.63) is 10.2 Å². The summed E-state index contributed by atoms with van der Waals surface area (Å²) in [5, 5.41) is 8.09. The van der Waals surface area contributed by atoms with Crippen LogP contribution in [0.15, 0.2) is 4.47 Å². The summed E-state index contributed by atoms with van der Waals surface area (Å²) in [6.07, 6.45) is 2.11. The average Bonchev–Trinajstić information content (AvgIpc) is 2.80. The van der Waals surface area contributed by atoms with E-state index < -0.39 is 0 Å². The van der Waals surface area contributed by atoms with Crippen LogP contribution in [0.3, 0.4) is 0 Å². The number of nitrogens with zero attached hydrogens (tertiary/aromatic N) is 2. The van der Waals surface area contributed by atoms with Crippen LogP contribution < -0.4 is 5.32 Å². The van der Waals surface area contributed by atoms with E-state index in [1.807, 2.05) is 18.5 Å². The molecule has 0 saturated carbocycles. The SMILES string of the molecule is CCOC(=O)C1CNc2c(Br)c(C(CC)CC)nn2C1C. The predicted molar refractivity (Wildman–Crippen MR) is 86.6 cm³/mol. The van der Waals surface area contributed by atoms with E-state index in [0.29, 0.717) is 19.1 Å². The fraction of sp³-hybridized carbons (Fsp3) is 0.733. The molecule has 0 aromatic carbocycles. The third kappa shape index (κ3) is 2.96. The van der Waals surface area contributed by atoms with Gasteiger partial charge in [0, 0.05) is 12.5 Å². The highest BCUT2D eigenvalue weighted by Crippen LogP contribution is 2.39. The Morgan fingerprint density at radius 2 is 2.14 bits per heavy atom. The maximum Gasteiger partial charge on any atom is 0.312 e. The van der Waals surface area contributed by atoms with Crippen LogP contribution in [0.4, 0.5) is 5.82 Å². The van der Waals surface area contributed by atoms with E-state index in [9.17, 15) is 4.79 Å². The van der Waals surface area contributed by atoms with Crippen LogP contribution in [-0.4, -0.2) is 28.9 Å². The third-order valence-corrected chi connectivity index (χ3v) is 5.08. The zero-order chi connectivity index (χ0) is 15.6. The van der Waals surface area contributed by atoms with Crippen molar-refractivity contribution in [2.24, 2.45) is 5.92 Å². The number of hydrogen-bond acceptors (Lipinski definition) is 4. The molecule has 0 spiro atoms. The molecular weight excluding hydrogens is 334 g/mol. The van der Waals surface area contributed by atoms with Gasteiger partial charge in [-0.1, -0.05) is 13.8 Å². The predicted octanol–water partition coefficient (Wildman–Crippen LogP) is 3.72. The standard InChI is InChI=1S/C15H24BrN3O2/c1-5-10(6-2)13-12(16)14-17-8-11(15(20)21-7-3)9(4)19(14)18-13/h9-11,17H,5-8H2,1-4H3. The number of carbonyl (C=O) groups excluding carboxylic acids is 1. The molecule has 0 aliphatic carbocycles. The maximum absolute atomic E-state index is 12.0. The Kier molecular flexibility index (Phi) is 5.30. The van der Waals surface area contributed by atoms with Crippen molar-refractivity contribution in [1.29, 1.82) is 0 Å². The highest BCUT2D eigenvalue weighted by atomic mass is 79.9. The Morgan fingerprint density at radius 1 is 1.48 bits per heavy atom. The molecule has 0 bridgehead atoms. The van der Waals surface area contributed by atoms with Gasteiger partial charge in [-0.05, 0) is 42.6 Å². The van der Waals surface area contributed by atoms with Crippen LogP contribution >= 0.6 is 15.9 Å². The van der Waals surface area contributed by atoms with Crippen molar-refractivity contribution >= 4 is 27.7 Å². The summed E-state index contributed by atoms with van der Waals surface area (Å²) >= 11 is 3.67. The lowest BCUT2D eigenvalue weighted by Gasteiger charge is -2.29. The molecule has 1 aromatic heterocycles. The van der Waals surface area contributed by atoms with Gasteiger partial charge in [0.05, 0.1) is 28.7 Å². The quantitative estimate of drug-likeness (QED) is 0.816. The molecular formula is C15H24BrN3O2. The van der Waals surface area contributed by atoms with Gasteiger partial charge in [-0.15, -0.1) is 0 Å². The lowest BCUT2D eigenvalue weighted by Crippen LogP contribution is -2.37. The van der Waals surface area contributed by atoms with Crippen molar-refractivity contribution in [2.75, 3.05) is 18.5 Å². The highest BCUT2D eigenvalue weighted by molar-refractivity contribution is 9.10. The van der Waals surface area contributed by atoms with Gasteiger partial charge in [0.25, 0.3) is 0 Å². The molecule has 2 rings (SSSR count). The van der Waals surface area contributed by atoms with Gasteiger partial charge < -0.3 is 10.1 Å². The van der Waals surface area contributed by atoms with Crippen molar-refractivity contribution < 1.29 is 9.53 Å². The van der Waals surface area contributed by atoms with Crippen molar-refractivity contribution in [2.45, 2.75) is 52.5 Å². The van der Waals surface area contributed by atoms with Crippen molar-refractivity contribution in [1.82, 2.24) is 9.78 Å². The number of nitrogens with one attached hydrogen (secondary N) is 1. The van der Waals surface area contributed by atoms with E-state index in [2.05, 4.69) is 35.1 Å². The number of anilines is 1. The minimum Gasteiger partial charge on any atom is -0.466 e. The molecule has 0 radical (unpaired) electrons.